The summed E-state index contributed by atoms with van der Waals surface area (Å²) in [6.07, 6.45) is 0. The van der Waals surface area contributed by atoms with Crippen LogP contribution in [0, 0.1) is 0 Å². The van der Waals surface area contributed by atoms with Crippen molar-refractivity contribution in [2.45, 2.75) is 30.7 Å². The summed E-state index contributed by atoms with van der Waals surface area (Å²) in [7, 11) is 0. The molecule has 3 rings (SSSR count). The van der Waals surface area contributed by atoms with Crippen LogP contribution >= 0.6 is 11.8 Å². The van der Waals surface area contributed by atoms with E-state index < -0.39 is 46.6 Å². The van der Waals surface area contributed by atoms with Crippen molar-refractivity contribution in [1.82, 2.24) is 10.2 Å². The number of fused-ring (bicyclic) bond motifs is 1. The first-order valence-corrected chi connectivity index (χ1v) is 10.3. The number of carbonyl (C=O) groups is 5. The Labute approximate surface area is 181 Å². The average molecular weight is 448 g/mol. The number of rotatable bonds is 7. The number of hydrogen-bond acceptors (Lipinski definition) is 7. The molecule has 1 fully saturated rings. The highest BCUT2D eigenvalue weighted by atomic mass is 32.2. The number of benzene rings is 1. The van der Waals surface area contributed by atoms with Gasteiger partial charge in [0.1, 0.15) is 23.2 Å². The van der Waals surface area contributed by atoms with E-state index in [9.17, 15) is 34.2 Å². The van der Waals surface area contributed by atoms with Gasteiger partial charge in [0.25, 0.3) is 5.91 Å². The Morgan fingerprint density at radius 2 is 1.90 bits per heavy atom. The van der Waals surface area contributed by atoms with Gasteiger partial charge in [0, 0.05) is 18.2 Å². The topological polar surface area (TPSA) is 150 Å². The smallest absolute Gasteiger partial charge is 0.352 e. The van der Waals surface area contributed by atoms with Crippen LogP contribution in [0.5, 0.6) is 0 Å². The number of hydrogen-bond donors (Lipinski definition) is 3. The third-order valence-electron chi connectivity index (χ3n) is 5.06. The van der Waals surface area contributed by atoms with Crippen LogP contribution in [0.1, 0.15) is 25.3 Å². The van der Waals surface area contributed by atoms with E-state index in [0.29, 0.717) is 0 Å². The molecule has 31 heavy (non-hydrogen) atoms. The molecule has 0 bridgehead atoms. The fraction of sp³-hybridized carbons (Fsp3) is 0.350. The van der Waals surface area contributed by atoms with E-state index in [-0.39, 0.29) is 29.2 Å². The van der Waals surface area contributed by atoms with Gasteiger partial charge in [0.05, 0.1) is 0 Å². The number of carbonyl (C=O) groups excluding carboxylic acids is 3. The number of esters is 1. The summed E-state index contributed by atoms with van der Waals surface area (Å²) in [6, 6.07) is 7.87. The van der Waals surface area contributed by atoms with Crippen LogP contribution in [0.15, 0.2) is 41.6 Å². The molecule has 0 spiro atoms. The summed E-state index contributed by atoms with van der Waals surface area (Å²) in [5.74, 6) is -6.24. The largest absolute Gasteiger partial charge is 0.480 e. The van der Waals surface area contributed by atoms with Crippen LogP contribution in [0.4, 0.5) is 0 Å². The van der Waals surface area contributed by atoms with Crippen LogP contribution < -0.4 is 5.32 Å². The number of ether oxygens (including phenoxy) is 1. The maximum Gasteiger partial charge on any atom is 0.352 e. The number of thioether (sulfide) groups is 1. The number of β-lactam (4-membered cyclic amide) rings is 1. The summed E-state index contributed by atoms with van der Waals surface area (Å²) in [5.41, 5.74) is -1.26. The van der Waals surface area contributed by atoms with Gasteiger partial charge in [-0.1, -0.05) is 30.3 Å². The molecule has 164 valence electrons. The van der Waals surface area contributed by atoms with E-state index in [1.54, 1.807) is 18.2 Å². The van der Waals surface area contributed by atoms with Gasteiger partial charge in [-0.2, -0.15) is 0 Å². The van der Waals surface area contributed by atoms with Crippen LogP contribution in [0.3, 0.4) is 0 Å². The SMILES string of the molecule is CC(=O)OCC1=C(C(=O)O)N2C(=O)C(C)(NC(=O)C(C(=O)O)c3ccccc3)[C@H]2SC1. The zero-order chi connectivity index (χ0) is 22.9. The molecule has 0 saturated carbocycles. The highest BCUT2D eigenvalue weighted by Gasteiger charge is 2.63. The lowest BCUT2D eigenvalue weighted by atomic mass is 9.86. The molecule has 0 aromatic heterocycles. The summed E-state index contributed by atoms with van der Waals surface area (Å²) < 4.78 is 4.88. The number of nitrogens with one attached hydrogen (secondary N) is 1. The van der Waals surface area contributed by atoms with Gasteiger partial charge in [-0.05, 0) is 12.5 Å². The van der Waals surface area contributed by atoms with Crippen LogP contribution in [-0.4, -0.2) is 68.1 Å². The van der Waals surface area contributed by atoms with Gasteiger partial charge < -0.3 is 20.3 Å². The molecule has 3 N–H and O–H groups in total. The lowest BCUT2D eigenvalue weighted by molar-refractivity contribution is -0.159. The van der Waals surface area contributed by atoms with E-state index in [4.69, 9.17) is 4.74 Å². The van der Waals surface area contributed by atoms with Gasteiger partial charge in [-0.3, -0.25) is 24.1 Å². The van der Waals surface area contributed by atoms with Crippen molar-refractivity contribution in [3.05, 3.63) is 47.2 Å². The highest BCUT2D eigenvalue weighted by molar-refractivity contribution is 8.00. The molecule has 2 heterocycles. The van der Waals surface area contributed by atoms with Gasteiger partial charge in [-0.15, -0.1) is 11.8 Å². The molecule has 10 nitrogen and oxygen atoms in total. The molecule has 1 saturated heterocycles. The van der Waals surface area contributed by atoms with Crippen molar-refractivity contribution in [1.29, 1.82) is 0 Å². The van der Waals surface area contributed by atoms with E-state index in [0.717, 1.165) is 4.90 Å². The average Bonchev–Trinajstić information content (AvgIpc) is 2.71. The first-order chi connectivity index (χ1) is 14.6. The second-order valence-corrected chi connectivity index (χ2v) is 8.32. The van der Waals surface area contributed by atoms with E-state index in [1.807, 2.05) is 0 Å². The maximum atomic E-state index is 12.9. The van der Waals surface area contributed by atoms with E-state index >= 15 is 0 Å². The first kappa shape index (κ1) is 22.3. The van der Waals surface area contributed by atoms with Crippen molar-refractivity contribution in [3.8, 4) is 0 Å². The minimum absolute atomic E-state index is 0.163. The second-order valence-electron chi connectivity index (χ2n) is 7.25. The third kappa shape index (κ3) is 4.00. The molecule has 0 aliphatic carbocycles. The van der Waals surface area contributed by atoms with Gasteiger partial charge in [0.15, 0.2) is 5.92 Å². The molecule has 2 amide bonds. The van der Waals surface area contributed by atoms with Gasteiger partial charge in [0.2, 0.25) is 5.91 Å². The normalized spacial score (nSPS) is 23.4. The van der Waals surface area contributed by atoms with Crippen molar-refractivity contribution < 1.29 is 38.9 Å². The summed E-state index contributed by atoms with van der Waals surface area (Å²) in [4.78, 5) is 61.4. The van der Waals surface area contributed by atoms with Gasteiger partial charge in [-0.25, -0.2) is 4.79 Å². The minimum atomic E-state index is -1.53. The number of nitrogens with zero attached hydrogens (tertiary/aromatic N) is 1. The monoisotopic (exact) mass is 448 g/mol. The molecule has 2 aliphatic rings. The van der Waals surface area contributed by atoms with Crippen LogP contribution in [0.25, 0.3) is 0 Å². The maximum absolute atomic E-state index is 12.9. The lowest BCUT2D eigenvalue weighted by Crippen LogP contribution is -2.78. The number of carboxylic acid groups (broad SMARTS) is 2. The quantitative estimate of drug-likeness (QED) is 0.309. The molecule has 2 aliphatic heterocycles. The predicted octanol–water partition coefficient (Wildman–Crippen LogP) is 0.547. The van der Waals surface area contributed by atoms with E-state index in [1.165, 1.54) is 37.7 Å². The van der Waals surface area contributed by atoms with Crippen molar-refractivity contribution in [3.63, 3.8) is 0 Å². The summed E-state index contributed by atoms with van der Waals surface area (Å²) in [6.45, 7) is 2.35. The first-order valence-electron chi connectivity index (χ1n) is 9.21. The molecular weight excluding hydrogens is 428 g/mol. The predicted molar refractivity (Wildman–Crippen MR) is 108 cm³/mol. The zero-order valence-electron chi connectivity index (χ0n) is 16.7. The molecule has 3 atom stereocenters. The fourth-order valence-electron chi connectivity index (χ4n) is 3.58. The van der Waals surface area contributed by atoms with Gasteiger partial charge >= 0.3 is 17.9 Å². The second kappa shape index (κ2) is 8.42. The summed E-state index contributed by atoms with van der Waals surface area (Å²) in [5, 5.41) is 20.9. The Balaban J connectivity index is 1.84. The van der Waals surface area contributed by atoms with Crippen molar-refractivity contribution in [2.75, 3.05) is 12.4 Å². The molecule has 1 aromatic rings. The van der Waals surface area contributed by atoms with Crippen LogP contribution in [-0.2, 0) is 28.7 Å². The Kier molecular flexibility index (Phi) is 6.07. The Bertz CT molecular complexity index is 992. The molecule has 11 heteroatoms. The summed E-state index contributed by atoms with van der Waals surface area (Å²) >= 11 is 1.19. The van der Waals surface area contributed by atoms with Crippen molar-refractivity contribution in [2.24, 2.45) is 0 Å². The lowest BCUT2D eigenvalue weighted by Gasteiger charge is -2.56. The highest BCUT2D eigenvalue weighted by Crippen LogP contribution is 2.46. The molecule has 1 aromatic carbocycles. The number of carboxylic acids is 2. The zero-order valence-corrected chi connectivity index (χ0v) is 17.5. The molecule has 2 unspecified atom stereocenters. The standard InChI is InChI=1S/C20H20N2O8S/c1-10(23)30-8-12-9-31-19-20(2,18(29)22(19)14(12)17(27)28)21-15(24)13(16(25)26)11-6-4-3-5-7-11/h3-7,13,19H,8-9H2,1-2H3,(H,21,24)(H,25,26)(H,27,28)/t13?,19-,20?/m1/s1. The van der Waals surface area contributed by atoms with Crippen molar-refractivity contribution >= 4 is 41.5 Å². The minimum Gasteiger partial charge on any atom is -0.480 e. The Morgan fingerprint density at radius 1 is 1.26 bits per heavy atom. The fourth-order valence-corrected chi connectivity index (χ4v) is 5.00. The number of aliphatic carboxylic acids is 2. The number of amides is 2. The third-order valence-corrected chi connectivity index (χ3v) is 6.57. The molecular formula is C20H20N2O8S. The van der Waals surface area contributed by atoms with Crippen LogP contribution in [0.2, 0.25) is 0 Å². The Morgan fingerprint density at radius 3 is 2.45 bits per heavy atom. The van der Waals surface area contributed by atoms with E-state index in [2.05, 4.69) is 5.32 Å². The molecule has 0 radical (unpaired) electrons. The Hall–Kier alpha value is -3.34.